The zero-order valence-electron chi connectivity index (χ0n) is 17.0. The van der Waals surface area contributed by atoms with Crippen LogP contribution < -0.4 is 10.5 Å². The summed E-state index contributed by atoms with van der Waals surface area (Å²) in [6.45, 7) is 5.73. The topological polar surface area (TPSA) is 106 Å². The number of nitriles is 1. The van der Waals surface area contributed by atoms with Gasteiger partial charge in [0.25, 0.3) is 0 Å². The van der Waals surface area contributed by atoms with Crippen LogP contribution in [-0.2, 0) is 12.7 Å². The fraction of sp³-hybridized carbons (Fsp3) is 0.286. The Kier molecular flexibility index (Phi) is 4.76. The third-order valence-electron chi connectivity index (χ3n) is 5.40. The average Bonchev–Trinajstić information content (AvgIpc) is 3.30. The Morgan fingerprint density at radius 2 is 2.03 bits per heavy atom. The van der Waals surface area contributed by atoms with E-state index in [2.05, 4.69) is 21.4 Å². The number of halogens is 3. The Hall–Kier alpha value is -3.74. The Morgan fingerprint density at radius 1 is 1.29 bits per heavy atom. The second-order valence-electron chi connectivity index (χ2n) is 7.53. The molecule has 0 unspecified atom stereocenters. The van der Waals surface area contributed by atoms with Gasteiger partial charge >= 0.3 is 6.18 Å². The van der Waals surface area contributed by atoms with Crippen LogP contribution in [0.2, 0.25) is 0 Å². The minimum Gasteiger partial charge on any atom is -0.420 e. The largest absolute Gasteiger partial charge is 0.435 e. The SMILES string of the molecule is Cc1cc(Cn2ccc(C(F)(F)F)n2)c(C)c([C@H]2C(C#N)=C(N)Oc3n[nH]c(C)c32)c1. The van der Waals surface area contributed by atoms with E-state index in [-0.39, 0.29) is 18.0 Å². The number of aryl methyl sites for hydroxylation is 2. The number of nitrogens with two attached hydrogens (primary N) is 1. The molecule has 0 aliphatic carbocycles. The molecule has 31 heavy (non-hydrogen) atoms. The molecule has 0 saturated heterocycles. The predicted molar refractivity (Wildman–Crippen MR) is 105 cm³/mol. The Morgan fingerprint density at radius 3 is 2.68 bits per heavy atom. The lowest BCUT2D eigenvalue weighted by Crippen LogP contribution is -2.22. The number of fused-ring (bicyclic) bond motifs is 1. The summed E-state index contributed by atoms with van der Waals surface area (Å²) in [5.41, 5.74) is 10.1. The van der Waals surface area contributed by atoms with E-state index in [1.165, 1.54) is 10.9 Å². The van der Waals surface area contributed by atoms with E-state index in [1.54, 1.807) is 0 Å². The van der Waals surface area contributed by atoms with Crippen molar-refractivity contribution in [2.45, 2.75) is 39.4 Å². The van der Waals surface area contributed by atoms with Crippen molar-refractivity contribution in [3.8, 4) is 11.9 Å². The van der Waals surface area contributed by atoms with Gasteiger partial charge in [0.1, 0.15) is 11.6 Å². The molecule has 3 aromatic rings. The number of alkyl halides is 3. The molecule has 0 fully saturated rings. The van der Waals surface area contributed by atoms with E-state index >= 15 is 0 Å². The fourth-order valence-electron chi connectivity index (χ4n) is 3.91. The van der Waals surface area contributed by atoms with Crippen molar-refractivity contribution in [1.82, 2.24) is 20.0 Å². The van der Waals surface area contributed by atoms with Crippen molar-refractivity contribution in [3.63, 3.8) is 0 Å². The van der Waals surface area contributed by atoms with Crippen LogP contribution in [0.25, 0.3) is 0 Å². The van der Waals surface area contributed by atoms with Gasteiger partial charge < -0.3 is 10.5 Å². The molecule has 1 atom stereocenters. The number of ether oxygens (including phenoxy) is 1. The summed E-state index contributed by atoms with van der Waals surface area (Å²) >= 11 is 0. The first-order valence-electron chi connectivity index (χ1n) is 9.43. The summed E-state index contributed by atoms with van der Waals surface area (Å²) in [6.07, 6.45) is -3.20. The maximum Gasteiger partial charge on any atom is 0.435 e. The van der Waals surface area contributed by atoms with Crippen LogP contribution in [0, 0.1) is 32.1 Å². The second-order valence-corrected chi connectivity index (χ2v) is 7.53. The van der Waals surface area contributed by atoms with Gasteiger partial charge in [-0.1, -0.05) is 17.7 Å². The molecule has 0 amide bonds. The standard InChI is InChI=1S/C21H19F3N6O/c1-10-6-13(9-30-5-4-16(29-30)21(22,23)24)11(2)14(7-10)18-15(8-25)19(26)31-20-17(18)12(3)27-28-20/h4-7,18H,9,26H2,1-3H3,(H,27,28)/t18-/m0/s1. The monoisotopic (exact) mass is 428 g/mol. The average molecular weight is 428 g/mol. The normalized spacial score (nSPS) is 16.1. The van der Waals surface area contributed by atoms with Gasteiger partial charge in [0.05, 0.1) is 12.5 Å². The van der Waals surface area contributed by atoms with Gasteiger partial charge in [-0.2, -0.15) is 23.5 Å². The molecule has 0 spiro atoms. The number of rotatable bonds is 3. The Labute approximate surface area is 175 Å². The van der Waals surface area contributed by atoms with Crippen molar-refractivity contribution in [2.24, 2.45) is 5.73 Å². The van der Waals surface area contributed by atoms with E-state index in [1.807, 2.05) is 32.9 Å². The molecule has 0 saturated carbocycles. The van der Waals surface area contributed by atoms with Crippen LogP contribution in [0.15, 0.2) is 35.9 Å². The molecule has 7 nitrogen and oxygen atoms in total. The number of nitrogens with zero attached hydrogens (tertiary/aromatic N) is 4. The predicted octanol–water partition coefficient (Wildman–Crippen LogP) is 3.82. The summed E-state index contributed by atoms with van der Waals surface area (Å²) < 4.78 is 45.5. The van der Waals surface area contributed by atoms with Crippen molar-refractivity contribution >= 4 is 0 Å². The van der Waals surface area contributed by atoms with Crippen LogP contribution in [0.1, 0.15) is 45.1 Å². The highest BCUT2D eigenvalue weighted by atomic mass is 19.4. The first-order valence-corrected chi connectivity index (χ1v) is 9.43. The van der Waals surface area contributed by atoms with E-state index < -0.39 is 17.8 Å². The molecule has 1 aromatic carbocycles. The molecule has 1 aliphatic heterocycles. The van der Waals surface area contributed by atoms with Crippen LogP contribution in [0.5, 0.6) is 5.88 Å². The van der Waals surface area contributed by atoms with Gasteiger partial charge in [0.15, 0.2) is 5.69 Å². The quantitative estimate of drug-likeness (QED) is 0.660. The minimum absolute atomic E-state index is 0.0177. The first-order chi connectivity index (χ1) is 14.6. The van der Waals surface area contributed by atoms with E-state index in [0.29, 0.717) is 11.4 Å². The number of aromatic nitrogens is 4. The summed E-state index contributed by atoms with van der Waals surface area (Å²) in [6, 6.07) is 6.93. The first kappa shape index (κ1) is 20.5. The number of nitrogens with one attached hydrogen (secondary N) is 1. The zero-order chi connectivity index (χ0) is 22.5. The second kappa shape index (κ2) is 7.19. The summed E-state index contributed by atoms with van der Waals surface area (Å²) in [7, 11) is 0. The van der Waals surface area contributed by atoms with Gasteiger partial charge in [-0.15, -0.1) is 5.10 Å². The third-order valence-corrected chi connectivity index (χ3v) is 5.40. The number of aromatic amines is 1. The summed E-state index contributed by atoms with van der Waals surface area (Å²) in [5, 5.41) is 20.4. The lowest BCUT2D eigenvalue weighted by molar-refractivity contribution is -0.141. The molecular formula is C21H19F3N6O. The van der Waals surface area contributed by atoms with Crippen LogP contribution in [-0.4, -0.2) is 20.0 Å². The van der Waals surface area contributed by atoms with Crippen LogP contribution in [0.4, 0.5) is 13.2 Å². The highest BCUT2D eigenvalue weighted by Gasteiger charge is 2.36. The van der Waals surface area contributed by atoms with Crippen molar-refractivity contribution in [3.05, 3.63) is 75.1 Å². The molecular weight excluding hydrogens is 409 g/mol. The van der Waals surface area contributed by atoms with Gasteiger partial charge in [-0.05, 0) is 43.5 Å². The molecule has 3 heterocycles. The molecule has 10 heteroatoms. The fourth-order valence-corrected chi connectivity index (χ4v) is 3.91. The molecule has 2 aromatic heterocycles. The number of allylic oxidation sites excluding steroid dienone is 1. The van der Waals surface area contributed by atoms with Crippen LogP contribution in [0.3, 0.4) is 0 Å². The number of hydrogen-bond donors (Lipinski definition) is 2. The molecule has 1 aliphatic rings. The van der Waals surface area contributed by atoms with E-state index in [4.69, 9.17) is 10.5 Å². The smallest absolute Gasteiger partial charge is 0.420 e. The molecule has 3 N–H and O–H groups in total. The van der Waals surface area contributed by atoms with E-state index in [9.17, 15) is 18.4 Å². The molecule has 0 radical (unpaired) electrons. The molecule has 0 bridgehead atoms. The van der Waals surface area contributed by atoms with Crippen molar-refractivity contribution in [1.29, 1.82) is 5.26 Å². The number of benzene rings is 1. The van der Waals surface area contributed by atoms with Gasteiger partial charge in [-0.3, -0.25) is 9.78 Å². The highest BCUT2D eigenvalue weighted by molar-refractivity contribution is 5.58. The van der Waals surface area contributed by atoms with Crippen molar-refractivity contribution in [2.75, 3.05) is 0 Å². The maximum absolute atomic E-state index is 12.9. The number of hydrogen-bond acceptors (Lipinski definition) is 5. The lowest BCUT2D eigenvalue weighted by Gasteiger charge is -2.26. The Balaban J connectivity index is 1.82. The highest BCUT2D eigenvalue weighted by Crippen LogP contribution is 2.44. The summed E-state index contributed by atoms with van der Waals surface area (Å²) in [5.74, 6) is -0.214. The van der Waals surface area contributed by atoms with E-state index in [0.717, 1.165) is 34.0 Å². The molecule has 160 valence electrons. The van der Waals surface area contributed by atoms with Crippen LogP contribution >= 0.6 is 0 Å². The minimum atomic E-state index is -4.50. The Bertz CT molecular complexity index is 1250. The van der Waals surface area contributed by atoms with Gasteiger partial charge in [-0.25, -0.2) is 0 Å². The lowest BCUT2D eigenvalue weighted by atomic mass is 9.80. The zero-order valence-corrected chi connectivity index (χ0v) is 17.0. The summed E-state index contributed by atoms with van der Waals surface area (Å²) in [4.78, 5) is 0. The van der Waals surface area contributed by atoms with Crippen molar-refractivity contribution < 1.29 is 17.9 Å². The van der Waals surface area contributed by atoms with Gasteiger partial charge in [0, 0.05) is 17.5 Å². The van der Waals surface area contributed by atoms with Gasteiger partial charge in [0.2, 0.25) is 11.8 Å². The maximum atomic E-state index is 12.9. The molecule has 4 rings (SSSR count). The number of H-pyrrole nitrogens is 1. The third kappa shape index (κ3) is 3.52.